The fourth-order valence-corrected chi connectivity index (χ4v) is 0.700. The number of carbonyl (C=O) groups excluding carboxylic acids is 2. The van der Waals surface area contributed by atoms with Crippen LogP contribution in [0.5, 0.6) is 0 Å². The van der Waals surface area contributed by atoms with E-state index >= 15 is 0 Å². The number of rotatable bonds is 7. The van der Waals surface area contributed by atoms with Crippen LogP contribution in [0.3, 0.4) is 0 Å². The molecule has 6 nitrogen and oxygen atoms in total. The first kappa shape index (κ1) is 12.9. The highest BCUT2D eigenvalue weighted by molar-refractivity contribution is 5.78. The van der Waals surface area contributed by atoms with Gasteiger partial charge in [0, 0.05) is 19.0 Å². The lowest BCUT2D eigenvalue weighted by molar-refractivity contribution is -0.124. The highest BCUT2D eigenvalue weighted by Crippen LogP contribution is 1.89. The van der Waals surface area contributed by atoms with Crippen LogP contribution in [0.25, 0.3) is 0 Å². The Kier molecular flexibility index (Phi) is 6.69. The Morgan fingerprint density at radius 2 is 2.14 bits per heavy atom. The van der Waals surface area contributed by atoms with E-state index in [-0.39, 0.29) is 25.0 Å². The Labute approximate surface area is 83.0 Å². The zero-order valence-electron chi connectivity index (χ0n) is 8.29. The van der Waals surface area contributed by atoms with Crippen molar-refractivity contribution in [2.45, 2.75) is 6.92 Å². The van der Waals surface area contributed by atoms with E-state index in [2.05, 4.69) is 5.32 Å². The van der Waals surface area contributed by atoms with E-state index in [9.17, 15) is 9.59 Å². The van der Waals surface area contributed by atoms with Gasteiger partial charge >= 0.3 is 0 Å². The number of ether oxygens (including phenoxy) is 1. The monoisotopic (exact) mass is 203 g/mol. The first-order valence-corrected chi connectivity index (χ1v) is 4.41. The highest BCUT2D eigenvalue weighted by atomic mass is 16.5. The van der Waals surface area contributed by atoms with Crippen LogP contribution in [0.15, 0.2) is 0 Å². The Balaban J connectivity index is 3.36. The van der Waals surface area contributed by atoms with Crippen molar-refractivity contribution >= 4 is 11.8 Å². The minimum atomic E-state index is -0.522. The van der Waals surface area contributed by atoms with Crippen LogP contribution in [-0.4, -0.2) is 38.1 Å². The molecule has 0 heterocycles. The van der Waals surface area contributed by atoms with E-state index in [1.807, 2.05) is 0 Å². The molecule has 6 heteroatoms. The van der Waals surface area contributed by atoms with E-state index in [1.165, 1.54) is 0 Å². The molecule has 0 saturated carbocycles. The summed E-state index contributed by atoms with van der Waals surface area (Å²) < 4.78 is 4.84. The Morgan fingerprint density at radius 1 is 1.50 bits per heavy atom. The Bertz CT molecular complexity index is 196. The van der Waals surface area contributed by atoms with Crippen LogP contribution in [0.1, 0.15) is 6.92 Å². The topological polar surface area (TPSA) is 107 Å². The molecule has 0 saturated heterocycles. The fraction of sp³-hybridized carbons (Fsp3) is 0.750. The molecule has 1 atom stereocenters. The van der Waals surface area contributed by atoms with Gasteiger partial charge in [-0.05, 0) is 0 Å². The summed E-state index contributed by atoms with van der Waals surface area (Å²) in [6.45, 7) is 2.55. The Hall–Kier alpha value is -1.14. The van der Waals surface area contributed by atoms with Gasteiger partial charge in [0.05, 0.1) is 6.61 Å². The lowest BCUT2D eigenvalue weighted by Crippen LogP contribution is -2.35. The summed E-state index contributed by atoms with van der Waals surface area (Å²) in [5.74, 6) is -0.840. The number of carbonyl (C=O) groups is 2. The number of hydrogen-bond acceptors (Lipinski definition) is 4. The summed E-state index contributed by atoms with van der Waals surface area (Å²) in [7, 11) is 0. The molecule has 0 bridgehead atoms. The Morgan fingerprint density at radius 3 is 2.64 bits per heavy atom. The van der Waals surface area contributed by atoms with Crippen LogP contribution >= 0.6 is 0 Å². The molecule has 0 aliphatic heterocycles. The second-order valence-corrected chi connectivity index (χ2v) is 2.95. The number of hydrogen-bond donors (Lipinski definition) is 3. The van der Waals surface area contributed by atoms with Crippen molar-refractivity contribution in [1.29, 1.82) is 0 Å². The van der Waals surface area contributed by atoms with E-state index < -0.39 is 5.91 Å². The van der Waals surface area contributed by atoms with Gasteiger partial charge in [-0.25, -0.2) is 0 Å². The van der Waals surface area contributed by atoms with Crippen molar-refractivity contribution in [3.63, 3.8) is 0 Å². The molecule has 0 aromatic rings. The van der Waals surface area contributed by atoms with Crippen LogP contribution in [0, 0.1) is 5.92 Å². The van der Waals surface area contributed by atoms with Gasteiger partial charge < -0.3 is 21.5 Å². The van der Waals surface area contributed by atoms with E-state index in [0.717, 1.165) is 0 Å². The highest BCUT2D eigenvalue weighted by Gasteiger charge is 2.08. The molecular weight excluding hydrogens is 186 g/mol. The third-order valence-electron chi connectivity index (χ3n) is 1.59. The zero-order valence-corrected chi connectivity index (χ0v) is 8.29. The molecule has 0 spiro atoms. The number of nitrogens with one attached hydrogen (secondary N) is 1. The number of primary amides is 1. The van der Waals surface area contributed by atoms with Gasteiger partial charge in [0.25, 0.3) is 0 Å². The third kappa shape index (κ3) is 6.38. The smallest absolute Gasteiger partial charge is 0.243 e. The van der Waals surface area contributed by atoms with Crippen molar-refractivity contribution in [3.8, 4) is 0 Å². The van der Waals surface area contributed by atoms with Gasteiger partial charge in [-0.15, -0.1) is 0 Å². The third-order valence-corrected chi connectivity index (χ3v) is 1.59. The van der Waals surface area contributed by atoms with Crippen LogP contribution in [0.4, 0.5) is 0 Å². The van der Waals surface area contributed by atoms with Crippen molar-refractivity contribution < 1.29 is 14.3 Å². The molecule has 14 heavy (non-hydrogen) atoms. The average molecular weight is 203 g/mol. The predicted molar refractivity (Wildman–Crippen MR) is 51.2 cm³/mol. The van der Waals surface area contributed by atoms with Gasteiger partial charge in [0.1, 0.15) is 6.61 Å². The molecule has 0 aromatic carbocycles. The van der Waals surface area contributed by atoms with Gasteiger partial charge in [-0.3, -0.25) is 9.59 Å². The standard InChI is InChI=1S/C8H17N3O3/c1-6(4-9)8(13)11-2-3-14-5-7(10)12/h6H,2-5,9H2,1H3,(H2,10,12)(H,11,13). The van der Waals surface area contributed by atoms with Crippen LogP contribution < -0.4 is 16.8 Å². The van der Waals surface area contributed by atoms with E-state index in [1.54, 1.807) is 6.92 Å². The lowest BCUT2D eigenvalue weighted by Gasteiger charge is -2.09. The van der Waals surface area contributed by atoms with Gasteiger partial charge in [0.2, 0.25) is 11.8 Å². The van der Waals surface area contributed by atoms with Gasteiger partial charge in [0.15, 0.2) is 0 Å². The van der Waals surface area contributed by atoms with Crippen molar-refractivity contribution in [2.24, 2.45) is 17.4 Å². The second kappa shape index (κ2) is 7.28. The van der Waals surface area contributed by atoms with Crippen molar-refractivity contribution in [1.82, 2.24) is 5.32 Å². The minimum absolute atomic E-state index is 0.116. The maximum absolute atomic E-state index is 11.1. The van der Waals surface area contributed by atoms with Crippen LogP contribution in [0.2, 0.25) is 0 Å². The molecular formula is C8H17N3O3. The molecule has 5 N–H and O–H groups in total. The SMILES string of the molecule is CC(CN)C(=O)NCCOCC(N)=O. The number of amides is 2. The average Bonchev–Trinajstić information content (AvgIpc) is 2.15. The van der Waals surface area contributed by atoms with Crippen molar-refractivity contribution in [2.75, 3.05) is 26.3 Å². The molecule has 0 aliphatic carbocycles. The summed E-state index contributed by atoms with van der Waals surface area (Å²) >= 11 is 0. The molecule has 0 aliphatic rings. The second-order valence-electron chi connectivity index (χ2n) is 2.95. The maximum Gasteiger partial charge on any atom is 0.243 e. The molecule has 82 valence electrons. The molecule has 2 amide bonds. The summed E-state index contributed by atoms with van der Waals surface area (Å²) in [6.07, 6.45) is 0. The minimum Gasteiger partial charge on any atom is -0.370 e. The van der Waals surface area contributed by atoms with Gasteiger partial charge in [-0.2, -0.15) is 0 Å². The van der Waals surface area contributed by atoms with Crippen LogP contribution in [-0.2, 0) is 14.3 Å². The number of nitrogens with two attached hydrogens (primary N) is 2. The zero-order chi connectivity index (χ0) is 11.0. The summed E-state index contributed by atoms with van der Waals surface area (Å²) in [6, 6.07) is 0. The van der Waals surface area contributed by atoms with Gasteiger partial charge in [-0.1, -0.05) is 6.92 Å². The summed E-state index contributed by atoms with van der Waals surface area (Å²) in [5, 5.41) is 2.61. The molecule has 0 radical (unpaired) electrons. The van der Waals surface area contributed by atoms with Crippen molar-refractivity contribution in [3.05, 3.63) is 0 Å². The normalized spacial score (nSPS) is 12.1. The summed E-state index contributed by atoms with van der Waals surface area (Å²) in [4.78, 5) is 21.4. The maximum atomic E-state index is 11.1. The molecule has 0 rings (SSSR count). The largest absolute Gasteiger partial charge is 0.370 e. The summed E-state index contributed by atoms with van der Waals surface area (Å²) in [5.41, 5.74) is 10.1. The quantitative estimate of drug-likeness (QED) is 0.424. The molecule has 1 unspecified atom stereocenters. The molecule has 0 fully saturated rings. The van der Waals surface area contributed by atoms with E-state index in [0.29, 0.717) is 13.1 Å². The predicted octanol–water partition coefficient (Wildman–Crippen LogP) is -1.80. The first-order valence-electron chi connectivity index (χ1n) is 4.41. The molecule has 0 aromatic heterocycles. The fourth-order valence-electron chi connectivity index (χ4n) is 0.700. The van der Waals surface area contributed by atoms with E-state index in [4.69, 9.17) is 16.2 Å². The first-order chi connectivity index (χ1) is 6.57. The lowest BCUT2D eigenvalue weighted by atomic mass is 10.2.